The monoisotopic (exact) mass is 264 g/mol. The predicted molar refractivity (Wildman–Crippen MR) is 77.2 cm³/mol. The van der Waals surface area contributed by atoms with Gasteiger partial charge in [0.15, 0.2) is 6.10 Å². The normalized spacial score (nSPS) is 11.9. The van der Waals surface area contributed by atoms with Gasteiger partial charge in [-0.15, -0.1) is 0 Å². The maximum atomic E-state index is 11.7. The summed E-state index contributed by atoms with van der Waals surface area (Å²) in [7, 11) is 0. The Kier molecular flexibility index (Phi) is 6.97. The molecule has 0 aliphatic heterocycles. The number of hydrogen-bond acceptors (Lipinski definition) is 3. The van der Waals surface area contributed by atoms with Crippen molar-refractivity contribution in [1.82, 2.24) is 10.6 Å². The zero-order chi connectivity index (χ0) is 14.1. The number of nitrogens with one attached hydrogen (secondary N) is 2. The van der Waals surface area contributed by atoms with Crippen molar-refractivity contribution < 1.29 is 9.53 Å². The van der Waals surface area contributed by atoms with E-state index in [0.29, 0.717) is 6.54 Å². The van der Waals surface area contributed by atoms with Crippen molar-refractivity contribution in [2.75, 3.05) is 13.1 Å². The molecule has 2 N–H and O–H groups in total. The van der Waals surface area contributed by atoms with Crippen LogP contribution in [0.5, 0.6) is 5.75 Å². The summed E-state index contributed by atoms with van der Waals surface area (Å²) >= 11 is 0. The number of hydrogen-bond donors (Lipinski definition) is 2. The molecule has 106 valence electrons. The van der Waals surface area contributed by atoms with Crippen LogP contribution >= 0.6 is 0 Å². The van der Waals surface area contributed by atoms with E-state index in [9.17, 15) is 4.79 Å². The van der Waals surface area contributed by atoms with Crippen molar-refractivity contribution in [1.29, 1.82) is 0 Å². The van der Waals surface area contributed by atoms with Crippen LogP contribution in [0.15, 0.2) is 24.3 Å². The molecule has 0 aliphatic carbocycles. The fourth-order valence-corrected chi connectivity index (χ4v) is 1.65. The molecule has 1 atom stereocenters. The van der Waals surface area contributed by atoms with Gasteiger partial charge in [0.1, 0.15) is 5.75 Å². The van der Waals surface area contributed by atoms with Gasteiger partial charge in [-0.2, -0.15) is 0 Å². The molecule has 0 bridgehead atoms. The fourth-order valence-electron chi connectivity index (χ4n) is 1.65. The van der Waals surface area contributed by atoms with Gasteiger partial charge in [-0.3, -0.25) is 4.79 Å². The van der Waals surface area contributed by atoms with E-state index >= 15 is 0 Å². The Hall–Kier alpha value is -1.55. The molecule has 1 aromatic rings. The minimum atomic E-state index is -0.471. The second kappa shape index (κ2) is 8.53. The third kappa shape index (κ3) is 5.75. The molecule has 0 aliphatic rings. The molecule has 1 aromatic carbocycles. The highest BCUT2D eigenvalue weighted by Crippen LogP contribution is 2.15. The maximum absolute atomic E-state index is 11.7. The van der Waals surface area contributed by atoms with Gasteiger partial charge >= 0.3 is 0 Å². The van der Waals surface area contributed by atoms with Gasteiger partial charge in [0.2, 0.25) is 0 Å². The first-order chi connectivity index (χ1) is 9.17. The van der Waals surface area contributed by atoms with Crippen molar-refractivity contribution >= 4 is 5.91 Å². The van der Waals surface area contributed by atoms with E-state index in [4.69, 9.17) is 4.74 Å². The molecule has 0 aromatic heterocycles. The number of carbonyl (C=O) groups is 1. The Morgan fingerprint density at radius 3 is 2.84 bits per heavy atom. The molecule has 1 unspecified atom stereocenters. The second-order valence-electron chi connectivity index (χ2n) is 4.48. The van der Waals surface area contributed by atoms with Crippen LogP contribution in [0.25, 0.3) is 0 Å². The first-order valence-corrected chi connectivity index (χ1v) is 6.91. The molecule has 19 heavy (non-hydrogen) atoms. The van der Waals surface area contributed by atoms with Gasteiger partial charge in [-0.05, 0) is 37.6 Å². The highest BCUT2D eigenvalue weighted by molar-refractivity contribution is 5.80. The molecular formula is C15H24N2O2. The zero-order valence-electron chi connectivity index (χ0n) is 12.0. The smallest absolute Gasteiger partial charge is 0.260 e. The van der Waals surface area contributed by atoms with Gasteiger partial charge < -0.3 is 15.4 Å². The topological polar surface area (TPSA) is 50.4 Å². The van der Waals surface area contributed by atoms with Crippen LogP contribution in [0.2, 0.25) is 0 Å². The summed E-state index contributed by atoms with van der Waals surface area (Å²) in [4.78, 5) is 11.7. The Bertz CT molecular complexity index is 393. The predicted octanol–water partition coefficient (Wildman–Crippen LogP) is 2.09. The molecule has 0 saturated heterocycles. The zero-order valence-corrected chi connectivity index (χ0v) is 12.0. The first kappa shape index (κ1) is 15.5. The minimum Gasteiger partial charge on any atom is -0.481 e. The molecule has 1 amide bonds. The summed E-state index contributed by atoms with van der Waals surface area (Å²) < 4.78 is 5.65. The van der Waals surface area contributed by atoms with E-state index in [-0.39, 0.29) is 5.91 Å². The van der Waals surface area contributed by atoms with Crippen LogP contribution in [-0.4, -0.2) is 25.1 Å². The largest absolute Gasteiger partial charge is 0.481 e. The van der Waals surface area contributed by atoms with Crippen molar-refractivity contribution in [3.05, 3.63) is 29.8 Å². The summed E-state index contributed by atoms with van der Waals surface area (Å²) in [5.74, 6) is 0.661. The Morgan fingerprint density at radius 1 is 1.37 bits per heavy atom. The molecule has 0 saturated carbocycles. The summed E-state index contributed by atoms with van der Waals surface area (Å²) in [6.45, 7) is 8.29. The summed E-state index contributed by atoms with van der Waals surface area (Å²) in [5, 5.41) is 6.09. The third-order valence-corrected chi connectivity index (χ3v) is 2.71. The van der Waals surface area contributed by atoms with Crippen LogP contribution in [0, 0.1) is 0 Å². The van der Waals surface area contributed by atoms with Gasteiger partial charge in [-0.25, -0.2) is 0 Å². The summed E-state index contributed by atoms with van der Waals surface area (Å²) in [6, 6.07) is 7.82. The van der Waals surface area contributed by atoms with Crippen molar-refractivity contribution in [3.63, 3.8) is 0 Å². The minimum absolute atomic E-state index is 0.0704. The van der Waals surface area contributed by atoms with Crippen LogP contribution in [0.1, 0.15) is 32.8 Å². The number of amides is 1. The molecule has 0 radical (unpaired) electrons. The SMILES string of the molecule is CCCNC(=O)C(C)Oc1cccc(CNCC)c1. The molecule has 4 heteroatoms. The quantitative estimate of drug-likeness (QED) is 0.756. The van der Waals surface area contributed by atoms with E-state index in [0.717, 1.165) is 30.8 Å². The van der Waals surface area contributed by atoms with E-state index < -0.39 is 6.10 Å². The standard InChI is InChI=1S/C15H24N2O2/c1-4-9-17-15(18)12(3)19-14-8-6-7-13(10-14)11-16-5-2/h6-8,10,12,16H,4-5,9,11H2,1-3H3,(H,17,18). The Balaban J connectivity index is 2.53. The average molecular weight is 264 g/mol. The molecule has 4 nitrogen and oxygen atoms in total. The van der Waals surface area contributed by atoms with E-state index in [1.54, 1.807) is 6.92 Å². The van der Waals surface area contributed by atoms with Crippen LogP contribution in [0.3, 0.4) is 0 Å². The Labute approximate surface area is 115 Å². The maximum Gasteiger partial charge on any atom is 0.260 e. The third-order valence-electron chi connectivity index (χ3n) is 2.71. The molecule has 1 rings (SSSR count). The van der Waals surface area contributed by atoms with Crippen LogP contribution in [0.4, 0.5) is 0 Å². The average Bonchev–Trinajstić information content (AvgIpc) is 2.42. The van der Waals surface area contributed by atoms with Gasteiger partial charge in [-0.1, -0.05) is 26.0 Å². The lowest BCUT2D eigenvalue weighted by molar-refractivity contribution is -0.127. The van der Waals surface area contributed by atoms with Gasteiger partial charge in [0, 0.05) is 13.1 Å². The lowest BCUT2D eigenvalue weighted by atomic mass is 10.2. The lowest BCUT2D eigenvalue weighted by Gasteiger charge is -2.15. The van der Waals surface area contributed by atoms with Gasteiger partial charge in [0.05, 0.1) is 0 Å². The first-order valence-electron chi connectivity index (χ1n) is 6.91. The van der Waals surface area contributed by atoms with Crippen LogP contribution in [-0.2, 0) is 11.3 Å². The number of rotatable bonds is 8. The summed E-state index contributed by atoms with van der Waals surface area (Å²) in [6.07, 6.45) is 0.456. The summed E-state index contributed by atoms with van der Waals surface area (Å²) in [5.41, 5.74) is 1.15. The van der Waals surface area contributed by atoms with Crippen molar-refractivity contribution in [3.8, 4) is 5.75 Å². The van der Waals surface area contributed by atoms with Crippen LogP contribution < -0.4 is 15.4 Å². The number of benzene rings is 1. The van der Waals surface area contributed by atoms with Gasteiger partial charge in [0.25, 0.3) is 5.91 Å². The highest BCUT2D eigenvalue weighted by atomic mass is 16.5. The van der Waals surface area contributed by atoms with Crippen molar-refractivity contribution in [2.24, 2.45) is 0 Å². The number of carbonyl (C=O) groups excluding carboxylic acids is 1. The van der Waals surface area contributed by atoms with Crippen molar-refractivity contribution in [2.45, 2.75) is 39.8 Å². The molecule has 0 spiro atoms. The van der Waals surface area contributed by atoms with E-state index in [2.05, 4.69) is 17.6 Å². The highest BCUT2D eigenvalue weighted by Gasteiger charge is 2.13. The second-order valence-corrected chi connectivity index (χ2v) is 4.48. The lowest BCUT2D eigenvalue weighted by Crippen LogP contribution is -2.36. The fraction of sp³-hybridized carbons (Fsp3) is 0.533. The van der Waals surface area contributed by atoms with E-state index in [1.165, 1.54) is 0 Å². The van der Waals surface area contributed by atoms with E-state index in [1.807, 2.05) is 31.2 Å². The molecular weight excluding hydrogens is 240 g/mol. The molecule has 0 heterocycles. The number of ether oxygens (including phenoxy) is 1. The Morgan fingerprint density at radius 2 is 2.16 bits per heavy atom. The molecule has 0 fully saturated rings.